The van der Waals surface area contributed by atoms with Crippen molar-refractivity contribution in [3.05, 3.63) is 56.9 Å². The van der Waals surface area contributed by atoms with Crippen LogP contribution in [0.15, 0.2) is 47.2 Å². The van der Waals surface area contributed by atoms with Crippen molar-refractivity contribution in [3.8, 4) is 9.75 Å². The lowest BCUT2D eigenvalue weighted by atomic mass is 10.3. The minimum atomic E-state index is -0.232. The van der Waals surface area contributed by atoms with Gasteiger partial charge in [-0.25, -0.2) is 0 Å². The molecule has 0 unspecified atom stereocenters. The number of ether oxygens (including phenoxy) is 1. The molecule has 3 aromatic rings. The zero-order chi connectivity index (χ0) is 15.4. The SMILES string of the molecule is O=C(NC(=S)OCc1cccs1)c1ccc(-c2cccs2)s1. The predicted octanol–water partition coefficient (Wildman–Crippen LogP) is 4.77. The van der Waals surface area contributed by atoms with Crippen LogP contribution in [0, 0.1) is 0 Å². The van der Waals surface area contributed by atoms with Gasteiger partial charge in [0.25, 0.3) is 11.1 Å². The van der Waals surface area contributed by atoms with E-state index in [1.54, 1.807) is 28.7 Å². The molecule has 0 radical (unpaired) electrons. The largest absolute Gasteiger partial charge is 0.465 e. The van der Waals surface area contributed by atoms with Gasteiger partial charge in [0.2, 0.25) is 0 Å². The molecule has 112 valence electrons. The van der Waals surface area contributed by atoms with E-state index in [-0.39, 0.29) is 11.1 Å². The Balaban J connectivity index is 1.56. The number of nitrogens with one attached hydrogen (secondary N) is 1. The Morgan fingerprint density at radius 2 is 1.91 bits per heavy atom. The second-order valence-corrected chi connectivity index (χ2v) is 7.69. The van der Waals surface area contributed by atoms with Crippen LogP contribution in [0.25, 0.3) is 9.75 Å². The van der Waals surface area contributed by atoms with Crippen LogP contribution in [-0.4, -0.2) is 11.1 Å². The Hall–Kier alpha value is -1.54. The van der Waals surface area contributed by atoms with Crippen LogP contribution < -0.4 is 5.32 Å². The lowest BCUT2D eigenvalue weighted by Crippen LogP contribution is -2.30. The number of thiophene rings is 3. The molecule has 0 atom stereocenters. The fraction of sp³-hybridized carbons (Fsp3) is 0.0667. The quantitative estimate of drug-likeness (QED) is 0.677. The fourth-order valence-electron chi connectivity index (χ4n) is 1.73. The van der Waals surface area contributed by atoms with E-state index in [0.29, 0.717) is 11.5 Å². The first kappa shape index (κ1) is 15.4. The summed E-state index contributed by atoms with van der Waals surface area (Å²) >= 11 is 9.73. The Kier molecular flexibility index (Phi) is 4.99. The second kappa shape index (κ2) is 7.15. The molecule has 0 aliphatic heterocycles. The zero-order valence-electron chi connectivity index (χ0n) is 11.3. The normalized spacial score (nSPS) is 10.4. The van der Waals surface area contributed by atoms with Crippen LogP contribution in [0.1, 0.15) is 14.5 Å². The molecular weight excluding hydrogens is 354 g/mol. The van der Waals surface area contributed by atoms with E-state index in [9.17, 15) is 4.79 Å². The highest BCUT2D eigenvalue weighted by atomic mass is 32.1. The highest BCUT2D eigenvalue weighted by Gasteiger charge is 2.13. The van der Waals surface area contributed by atoms with Crippen LogP contribution in [0.5, 0.6) is 0 Å². The van der Waals surface area contributed by atoms with E-state index in [4.69, 9.17) is 17.0 Å². The van der Waals surface area contributed by atoms with Gasteiger partial charge in [-0.05, 0) is 47.2 Å². The van der Waals surface area contributed by atoms with Crippen molar-refractivity contribution >= 4 is 57.3 Å². The van der Waals surface area contributed by atoms with E-state index in [1.807, 2.05) is 41.1 Å². The molecule has 0 saturated heterocycles. The summed E-state index contributed by atoms with van der Waals surface area (Å²) in [6.45, 7) is 0.377. The molecule has 22 heavy (non-hydrogen) atoms. The molecule has 0 fully saturated rings. The lowest BCUT2D eigenvalue weighted by Gasteiger charge is -2.06. The maximum Gasteiger partial charge on any atom is 0.268 e. The highest BCUT2D eigenvalue weighted by molar-refractivity contribution is 7.80. The third-order valence-corrected chi connectivity index (χ3v) is 5.95. The molecule has 3 aromatic heterocycles. The number of amides is 1. The molecule has 0 aliphatic rings. The molecule has 1 amide bonds. The first-order valence-electron chi connectivity index (χ1n) is 6.36. The van der Waals surface area contributed by atoms with E-state index in [0.717, 1.165) is 14.6 Å². The van der Waals surface area contributed by atoms with Crippen molar-refractivity contribution in [2.24, 2.45) is 0 Å². The number of carbonyl (C=O) groups excluding carboxylic acids is 1. The molecule has 3 rings (SSSR count). The fourth-order valence-corrected chi connectivity index (χ4v) is 4.24. The Morgan fingerprint density at radius 1 is 1.09 bits per heavy atom. The minimum absolute atomic E-state index is 0.101. The summed E-state index contributed by atoms with van der Waals surface area (Å²) in [5, 5.41) is 6.69. The number of rotatable bonds is 4. The maximum absolute atomic E-state index is 12.1. The molecule has 0 aliphatic carbocycles. The van der Waals surface area contributed by atoms with Gasteiger partial charge in [0.15, 0.2) is 0 Å². The molecule has 0 spiro atoms. The summed E-state index contributed by atoms with van der Waals surface area (Å²) < 4.78 is 5.37. The van der Waals surface area contributed by atoms with Gasteiger partial charge in [0, 0.05) is 14.6 Å². The van der Waals surface area contributed by atoms with Crippen molar-refractivity contribution in [2.45, 2.75) is 6.61 Å². The van der Waals surface area contributed by atoms with Crippen LogP contribution in [0.3, 0.4) is 0 Å². The zero-order valence-corrected chi connectivity index (χ0v) is 14.5. The summed E-state index contributed by atoms with van der Waals surface area (Å²) in [7, 11) is 0. The molecule has 7 heteroatoms. The van der Waals surface area contributed by atoms with E-state index < -0.39 is 0 Å². The van der Waals surface area contributed by atoms with Gasteiger partial charge in [-0.15, -0.1) is 34.0 Å². The molecule has 0 bridgehead atoms. The molecule has 0 saturated carbocycles. The van der Waals surface area contributed by atoms with Gasteiger partial charge < -0.3 is 4.74 Å². The second-order valence-electron chi connectivity index (χ2n) is 4.25. The summed E-state index contributed by atoms with van der Waals surface area (Å²) in [6.07, 6.45) is 0. The third kappa shape index (κ3) is 3.80. The van der Waals surface area contributed by atoms with Crippen molar-refractivity contribution in [2.75, 3.05) is 0 Å². The van der Waals surface area contributed by atoms with Crippen molar-refractivity contribution in [1.29, 1.82) is 0 Å². The molecule has 1 N–H and O–H groups in total. The van der Waals surface area contributed by atoms with Gasteiger partial charge in [-0.1, -0.05) is 12.1 Å². The van der Waals surface area contributed by atoms with Crippen LogP contribution >= 0.6 is 46.2 Å². The number of thiocarbonyl (C=S) groups is 1. The number of carbonyl (C=O) groups is 1. The van der Waals surface area contributed by atoms with Gasteiger partial charge in [-0.3, -0.25) is 10.1 Å². The first-order valence-corrected chi connectivity index (χ1v) is 9.35. The molecular formula is C15H11NO2S4. The first-order chi connectivity index (χ1) is 10.7. The van der Waals surface area contributed by atoms with E-state index in [2.05, 4.69) is 5.32 Å². The molecule has 0 aromatic carbocycles. The molecule has 3 heterocycles. The van der Waals surface area contributed by atoms with E-state index >= 15 is 0 Å². The van der Waals surface area contributed by atoms with Crippen LogP contribution in [-0.2, 0) is 11.3 Å². The minimum Gasteiger partial charge on any atom is -0.465 e. The Bertz CT molecular complexity index is 759. The average Bonchev–Trinajstić information content (AvgIpc) is 3.25. The van der Waals surface area contributed by atoms with Gasteiger partial charge in [-0.2, -0.15) is 0 Å². The van der Waals surface area contributed by atoms with Crippen LogP contribution in [0.2, 0.25) is 0 Å². The summed E-state index contributed by atoms with van der Waals surface area (Å²) in [5.74, 6) is -0.232. The Labute approximate surface area is 145 Å². The number of hydrogen-bond acceptors (Lipinski definition) is 6. The van der Waals surface area contributed by atoms with Gasteiger partial charge in [0.1, 0.15) is 6.61 Å². The maximum atomic E-state index is 12.1. The van der Waals surface area contributed by atoms with Crippen molar-refractivity contribution in [1.82, 2.24) is 5.32 Å². The lowest BCUT2D eigenvalue weighted by molar-refractivity contribution is 0.0971. The smallest absolute Gasteiger partial charge is 0.268 e. The Morgan fingerprint density at radius 3 is 2.64 bits per heavy atom. The molecule has 3 nitrogen and oxygen atoms in total. The summed E-state index contributed by atoms with van der Waals surface area (Å²) in [6, 6.07) is 11.7. The predicted molar refractivity (Wildman–Crippen MR) is 96.8 cm³/mol. The van der Waals surface area contributed by atoms with Crippen molar-refractivity contribution in [3.63, 3.8) is 0 Å². The summed E-state index contributed by atoms with van der Waals surface area (Å²) in [5.41, 5.74) is 0. The van der Waals surface area contributed by atoms with Crippen molar-refractivity contribution < 1.29 is 9.53 Å². The van der Waals surface area contributed by atoms with E-state index in [1.165, 1.54) is 11.3 Å². The third-order valence-electron chi connectivity index (χ3n) is 2.74. The number of hydrogen-bond donors (Lipinski definition) is 1. The highest BCUT2D eigenvalue weighted by Crippen LogP contribution is 2.31. The average molecular weight is 366 g/mol. The van der Waals surface area contributed by atoms with Gasteiger partial charge >= 0.3 is 0 Å². The standard InChI is InChI=1S/C15H11NO2S4/c17-14(16-15(19)18-9-10-3-1-7-20-10)13-6-5-12(22-13)11-4-2-8-21-11/h1-8H,9H2,(H,16,17,19). The van der Waals surface area contributed by atoms with Crippen LogP contribution in [0.4, 0.5) is 0 Å². The summed E-state index contributed by atoms with van der Waals surface area (Å²) in [4.78, 5) is 16.0. The topological polar surface area (TPSA) is 38.3 Å². The monoisotopic (exact) mass is 365 g/mol. The van der Waals surface area contributed by atoms with Gasteiger partial charge in [0.05, 0.1) is 4.88 Å².